The van der Waals surface area contributed by atoms with E-state index in [2.05, 4.69) is 49.1 Å². The maximum absolute atomic E-state index is 13.0. The minimum absolute atomic E-state index is 0.199. The van der Waals surface area contributed by atoms with Crippen molar-refractivity contribution in [2.45, 2.75) is 19.3 Å². The highest BCUT2D eigenvalue weighted by Crippen LogP contribution is 2.58. The minimum atomic E-state index is -0.260. The van der Waals surface area contributed by atoms with Crippen molar-refractivity contribution in [2.75, 3.05) is 4.90 Å². The molecule has 0 fully saturated rings. The molecule has 0 spiro atoms. The van der Waals surface area contributed by atoms with Gasteiger partial charge in [0, 0.05) is 33.2 Å². The van der Waals surface area contributed by atoms with E-state index >= 15 is 0 Å². The predicted octanol–water partition coefficient (Wildman–Crippen LogP) is 7.38. The van der Waals surface area contributed by atoms with Crippen molar-refractivity contribution < 1.29 is 9.59 Å². The average molecular weight is 473 g/mol. The first-order chi connectivity index (χ1) is 16.9. The third-order valence-corrected chi connectivity index (χ3v) is 8.30. The van der Waals surface area contributed by atoms with Crippen LogP contribution in [0.2, 0.25) is 0 Å². The van der Waals surface area contributed by atoms with Gasteiger partial charge in [-0.15, -0.1) is 11.3 Å². The molecule has 0 unspecified atom stereocenters. The van der Waals surface area contributed by atoms with Crippen molar-refractivity contribution in [1.29, 1.82) is 0 Å². The summed E-state index contributed by atoms with van der Waals surface area (Å²) in [5.74, 6) is -0.398. The lowest BCUT2D eigenvalue weighted by molar-refractivity contribution is 0.0990. The van der Waals surface area contributed by atoms with E-state index in [-0.39, 0.29) is 22.6 Å². The number of Topliss-reactive ketones (excluding diaryl/α,β-unsaturated/α-hetero) is 2. The van der Waals surface area contributed by atoms with E-state index in [1.807, 2.05) is 24.4 Å². The second-order valence-electron chi connectivity index (χ2n) is 9.58. The maximum Gasteiger partial charge on any atom is 0.197 e. The van der Waals surface area contributed by atoms with Gasteiger partial charge < -0.3 is 0 Å². The Morgan fingerprint density at radius 2 is 1.57 bits per heavy atom. The van der Waals surface area contributed by atoms with Crippen LogP contribution in [0.5, 0.6) is 0 Å². The highest BCUT2D eigenvalue weighted by Gasteiger charge is 2.41. The number of rotatable bonds is 1. The molecule has 5 heteroatoms. The summed E-state index contributed by atoms with van der Waals surface area (Å²) < 4.78 is 0. The van der Waals surface area contributed by atoms with E-state index in [0.29, 0.717) is 11.1 Å². The second kappa shape index (κ2) is 6.96. The largest absolute Gasteiger partial charge is 0.298 e. The van der Waals surface area contributed by atoms with Crippen molar-refractivity contribution in [3.63, 3.8) is 0 Å². The van der Waals surface area contributed by atoms with Gasteiger partial charge in [0.1, 0.15) is 5.00 Å². The number of thiophene rings is 1. The zero-order valence-corrected chi connectivity index (χ0v) is 20.0. The molecule has 3 aliphatic rings. The number of anilines is 3. The third-order valence-electron chi connectivity index (χ3n) is 7.23. The van der Waals surface area contributed by atoms with Gasteiger partial charge in [-0.25, -0.2) is 0 Å². The first-order valence-corrected chi connectivity index (χ1v) is 12.4. The standard InChI is InChI=1S/C30H20N2O2S/c1-30(2)22-11-7-8-17-16-31-24-12-5-6-13-25(24)32(26(17)22)29-23(30)15-18(35-29)14-21-27(33)19-9-3-4-10-20(19)28(21)34/h3-16H,1-2H3. The number of ketones is 2. The quantitative estimate of drug-likeness (QED) is 0.189. The first kappa shape index (κ1) is 20.3. The molecule has 2 aliphatic heterocycles. The molecule has 0 amide bonds. The van der Waals surface area contributed by atoms with Crippen LogP contribution in [-0.2, 0) is 5.41 Å². The Labute approximate surface area is 206 Å². The van der Waals surface area contributed by atoms with Gasteiger partial charge in [-0.3, -0.25) is 19.5 Å². The lowest BCUT2D eigenvalue weighted by atomic mass is 9.74. The smallest absolute Gasteiger partial charge is 0.197 e. The summed E-state index contributed by atoms with van der Waals surface area (Å²) in [6.07, 6.45) is 3.72. The Balaban J connectivity index is 1.45. The van der Waals surface area contributed by atoms with Gasteiger partial charge in [0.05, 0.1) is 22.6 Å². The number of hydrogen-bond acceptors (Lipinski definition) is 5. The molecule has 0 N–H and O–H groups in total. The number of carbonyl (C=O) groups excluding carboxylic acids is 2. The van der Waals surface area contributed by atoms with Crippen LogP contribution in [-0.4, -0.2) is 17.8 Å². The highest BCUT2D eigenvalue weighted by molar-refractivity contribution is 7.17. The molecule has 168 valence electrons. The molecule has 3 aromatic carbocycles. The fourth-order valence-corrected chi connectivity index (χ4v) is 6.71. The van der Waals surface area contributed by atoms with Gasteiger partial charge in [-0.1, -0.05) is 68.4 Å². The Kier molecular flexibility index (Phi) is 4.04. The average Bonchev–Trinajstić information content (AvgIpc) is 3.34. The van der Waals surface area contributed by atoms with Crippen molar-refractivity contribution in [3.05, 3.63) is 111 Å². The van der Waals surface area contributed by atoms with E-state index < -0.39 is 0 Å². The summed E-state index contributed by atoms with van der Waals surface area (Å²) in [5, 5.41) is 1.09. The number of carbonyl (C=O) groups is 2. The molecule has 4 nitrogen and oxygen atoms in total. The van der Waals surface area contributed by atoms with Crippen LogP contribution in [0, 0.1) is 0 Å². The molecular weight excluding hydrogens is 452 g/mol. The van der Waals surface area contributed by atoms with Crippen LogP contribution in [0.15, 0.2) is 83.4 Å². The summed E-state index contributed by atoms with van der Waals surface area (Å²) in [6.45, 7) is 4.47. The summed E-state index contributed by atoms with van der Waals surface area (Å²) in [6, 6.07) is 23.7. The fourth-order valence-electron chi connectivity index (χ4n) is 5.43. The molecule has 0 bridgehead atoms. The normalized spacial score (nSPS) is 16.4. The van der Waals surface area contributed by atoms with E-state index in [0.717, 1.165) is 32.5 Å². The van der Waals surface area contributed by atoms with Crippen molar-refractivity contribution in [3.8, 4) is 0 Å². The Bertz CT molecular complexity index is 1630. The summed E-state index contributed by atoms with van der Waals surface area (Å²) in [4.78, 5) is 34.0. The van der Waals surface area contributed by atoms with Gasteiger partial charge in [-0.2, -0.15) is 0 Å². The number of aliphatic imine (C=N–C) groups is 1. The molecule has 0 saturated heterocycles. The maximum atomic E-state index is 13.0. The van der Waals surface area contributed by atoms with Crippen LogP contribution in [0.1, 0.15) is 56.1 Å². The van der Waals surface area contributed by atoms with Crippen LogP contribution >= 0.6 is 11.3 Å². The molecule has 0 saturated carbocycles. The number of allylic oxidation sites excluding steroid dienone is 1. The topological polar surface area (TPSA) is 49.7 Å². The molecular formula is C30H20N2O2S. The van der Waals surface area contributed by atoms with Gasteiger partial charge in [0.2, 0.25) is 0 Å². The second-order valence-corrected chi connectivity index (χ2v) is 10.6. The predicted molar refractivity (Wildman–Crippen MR) is 141 cm³/mol. The number of nitrogens with zero attached hydrogens (tertiary/aromatic N) is 2. The number of para-hydroxylation sites is 3. The SMILES string of the molecule is CC1(C)c2cc(C=C3C(=O)c4ccccc4C3=O)sc2N2c3ccccc3N=Cc3cccc1c32. The van der Waals surface area contributed by atoms with Crippen LogP contribution in [0.3, 0.4) is 0 Å². The molecule has 4 aromatic rings. The summed E-state index contributed by atoms with van der Waals surface area (Å²) in [7, 11) is 0. The molecule has 1 aliphatic carbocycles. The summed E-state index contributed by atoms with van der Waals surface area (Å²) >= 11 is 1.61. The van der Waals surface area contributed by atoms with Crippen LogP contribution in [0.25, 0.3) is 6.08 Å². The number of fused-ring (bicyclic) bond motifs is 5. The van der Waals surface area contributed by atoms with Crippen LogP contribution in [0.4, 0.5) is 22.1 Å². The van der Waals surface area contributed by atoms with Crippen molar-refractivity contribution in [2.24, 2.45) is 4.99 Å². The van der Waals surface area contributed by atoms with E-state index in [1.54, 1.807) is 41.7 Å². The third kappa shape index (κ3) is 2.70. The molecule has 7 rings (SSSR count). The summed E-state index contributed by atoms with van der Waals surface area (Å²) in [5.41, 5.74) is 7.49. The van der Waals surface area contributed by atoms with Gasteiger partial charge in [-0.05, 0) is 35.4 Å². The van der Waals surface area contributed by atoms with Crippen molar-refractivity contribution in [1.82, 2.24) is 0 Å². The monoisotopic (exact) mass is 472 g/mol. The van der Waals surface area contributed by atoms with E-state index in [1.165, 1.54) is 11.1 Å². The van der Waals surface area contributed by atoms with Crippen molar-refractivity contribution >= 4 is 57.3 Å². The fraction of sp³-hybridized carbons (Fsp3) is 0.100. The zero-order chi connectivity index (χ0) is 23.9. The molecule has 0 radical (unpaired) electrons. The number of hydrogen-bond donors (Lipinski definition) is 0. The molecule has 0 atom stereocenters. The number of benzene rings is 3. The molecule has 3 heterocycles. The van der Waals surface area contributed by atoms with E-state index in [4.69, 9.17) is 4.99 Å². The lowest BCUT2D eigenvalue weighted by Crippen LogP contribution is -2.29. The first-order valence-electron chi connectivity index (χ1n) is 11.6. The Morgan fingerprint density at radius 3 is 2.34 bits per heavy atom. The lowest BCUT2D eigenvalue weighted by Gasteiger charge is -2.40. The van der Waals surface area contributed by atoms with Gasteiger partial charge in [0.25, 0.3) is 0 Å². The Hall–Kier alpha value is -4.09. The minimum Gasteiger partial charge on any atom is -0.298 e. The molecule has 1 aromatic heterocycles. The highest BCUT2D eigenvalue weighted by atomic mass is 32.1. The van der Waals surface area contributed by atoms with Crippen LogP contribution < -0.4 is 4.90 Å². The van der Waals surface area contributed by atoms with Gasteiger partial charge in [0.15, 0.2) is 11.6 Å². The Morgan fingerprint density at radius 1 is 0.857 bits per heavy atom. The van der Waals surface area contributed by atoms with Gasteiger partial charge >= 0.3 is 0 Å². The van der Waals surface area contributed by atoms with E-state index in [9.17, 15) is 9.59 Å². The molecule has 35 heavy (non-hydrogen) atoms. The zero-order valence-electron chi connectivity index (χ0n) is 19.2.